The molecule has 3 rings (SSSR count). The van der Waals surface area contributed by atoms with Crippen LogP contribution in [0.15, 0.2) is 50.5 Å². The molecule has 140 valence electrons. The average molecular weight is 384 g/mol. The topological polar surface area (TPSA) is 103 Å². The number of aryl methyl sites for hydroxylation is 2. The molecule has 0 saturated carbocycles. The number of thioether (sulfide) groups is 1. The molecule has 1 amide bonds. The van der Waals surface area contributed by atoms with Crippen LogP contribution in [0.2, 0.25) is 0 Å². The lowest BCUT2D eigenvalue weighted by Gasteiger charge is -2.09. The minimum absolute atomic E-state index is 0.0235. The quantitative estimate of drug-likeness (QED) is 0.655. The van der Waals surface area contributed by atoms with Crippen molar-refractivity contribution in [2.75, 3.05) is 17.3 Å². The standard InChI is InChI=1S/C19H20N4O3S/c1-11-8-15(12(2)26-11)17-9-16(20)19(25)23(22-17)10-18(24)21-13-4-6-14(27-3)7-5-13/h4-9H,10,20H2,1-3H3,(H,21,24). The fraction of sp³-hybridized carbons (Fsp3) is 0.211. The number of benzene rings is 1. The first-order chi connectivity index (χ1) is 12.9. The number of amides is 1. The molecule has 0 fully saturated rings. The Bertz CT molecular complexity index is 1040. The zero-order valence-electron chi connectivity index (χ0n) is 15.3. The summed E-state index contributed by atoms with van der Waals surface area (Å²) in [4.78, 5) is 25.7. The van der Waals surface area contributed by atoms with Crippen LogP contribution in [0.5, 0.6) is 0 Å². The Labute approximate surface area is 160 Å². The van der Waals surface area contributed by atoms with Gasteiger partial charge >= 0.3 is 0 Å². The Balaban J connectivity index is 1.84. The van der Waals surface area contributed by atoms with Gasteiger partial charge in [0.25, 0.3) is 5.56 Å². The Morgan fingerprint density at radius 1 is 1.26 bits per heavy atom. The lowest BCUT2D eigenvalue weighted by molar-refractivity contribution is -0.117. The minimum atomic E-state index is -0.510. The Morgan fingerprint density at radius 3 is 2.56 bits per heavy atom. The van der Waals surface area contributed by atoms with Crippen molar-refractivity contribution in [1.82, 2.24) is 9.78 Å². The number of anilines is 2. The fourth-order valence-corrected chi connectivity index (χ4v) is 3.11. The normalized spacial score (nSPS) is 10.8. The van der Waals surface area contributed by atoms with Gasteiger partial charge in [0.05, 0.1) is 5.69 Å². The number of aromatic nitrogens is 2. The van der Waals surface area contributed by atoms with Crippen LogP contribution >= 0.6 is 11.8 Å². The van der Waals surface area contributed by atoms with E-state index in [-0.39, 0.29) is 18.1 Å². The van der Waals surface area contributed by atoms with Crippen molar-refractivity contribution in [3.05, 3.63) is 58.3 Å². The van der Waals surface area contributed by atoms with Gasteiger partial charge in [0, 0.05) is 16.1 Å². The molecule has 0 aliphatic rings. The lowest BCUT2D eigenvalue weighted by Crippen LogP contribution is -2.31. The van der Waals surface area contributed by atoms with Gasteiger partial charge in [0.15, 0.2) is 0 Å². The molecule has 0 saturated heterocycles. The van der Waals surface area contributed by atoms with Crippen LogP contribution in [0.25, 0.3) is 11.3 Å². The highest BCUT2D eigenvalue weighted by atomic mass is 32.2. The number of carbonyl (C=O) groups excluding carboxylic acids is 1. The summed E-state index contributed by atoms with van der Waals surface area (Å²) >= 11 is 1.62. The first-order valence-electron chi connectivity index (χ1n) is 8.26. The predicted octanol–water partition coefficient (Wildman–Crippen LogP) is 3.06. The molecule has 3 aromatic rings. The van der Waals surface area contributed by atoms with Crippen LogP contribution in [-0.2, 0) is 11.3 Å². The maximum atomic E-state index is 12.3. The van der Waals surface area contributed by atoms with Crippen molar-refractivity contribution in [3.8, 4) is 11.3 Å². The molecule has 8 heteroatoms. The second kappa shape index (κ2) is 7.71. The van der Waals surface area contributed by atoms with E-state index >= 15 is 0 Å². The second-order valence-corrected chi connectivity index (χ2v) is 6.93. The number of furan rings is 1. The number of nitrogens with two attached hydrogens (primary N) is 1. The molecule has 3 N–H and O–H groups in total. The van der Waals surface area contributed by atoms with Gasteiger partial charge in [0.2, 0.25) is 5.91 Å². The molecule has 0 bridgehead atoms. The molecule has 0 aliphatic heterocycles. The van der Waals surface area contributed by atoms with Gasteiger partial charge in [-0.05, 0) is 56.5 Å². The number of nitrogens with one attached hydrogen (secondary N) is 1. The van der Waals surface area contributed by atoms with E-state index in [1.807, 2.05) is 43.5 Å². The molecule has 2 aromatic heterocycles. The highest BCUT2D eigenvalue weighted by Gasteiger charge is 2.15. The van der Waals surface area contributed by atoms with E-state index in [0.29, 0.717) is 17.1 Å². The molecule has 27 heavy (non-hydrogen) atoms. The summed E-state index contributed by atoms with van der Waals surface area (Å²) in [5.41, 5.74) is 7.22. The van der Waals surface area contributed by atoms with Gasteiger partial charge in [-0.3, -0.25) is 9.59 Å². The van der Waals surface area contributed by atoms with Crippen molar-refractivity contribution in [3.63, 3.8) is 0 Å². The smallest absolute Gasteiger partial charge is 0.290 e. The number of rotatable bonds is 5. The Morgan fingerprint density at radius 2 is 1.96 bits per heavy atom. The highest BCUT2D eigenvalue weighted by molar-refractivity contribution is 7.98. The minimum Gasteiger partial charge on any atom is -0.466 e. The Hall–Kier alpha value is -3.00. The van der Waals surface area contributed by atoms with E-state index in [1.165, 1.54) is 6.07 Å². The third kappa shape index (κ3) is 4.22. The summed E-state index contributed by atoms with van der Waals surface area (Å²) in [6.45, 7) is 3.39. The molecular formula is C19H20N4O3S. The summed E-state index contributed by atoms with van der Waals surface area (Å²) < 4.78 is 6.58. The van der Waals surface area contributed by atoms with E-state index in [9.17, 15) is 9.59 Å². The van der Waals surface area contributed by atoms with Crippen LogP contribution in [-0.4, -0.2) is 21.9 Å². The second-order valence-electron chi connectivity index (χ2n) is 6.05. The molecule has 7 nitrogen and oxygen atoms in total. The molecule has 0 unspecified atom stereocenters. The zero-order chi connectivity index (χ0) is 19.6. The van der Waals surface area contributed by atoms with E-state index in [0.717, 1.165) is 20.9 Å². The van der Waals surface area contributed by atoms with Crippen molar-refractivity contribution in [1.29, 1.82) is 0 Å². The molecular weight excluding hydrogens is 364 g/mol. The van der Waals surface area contributed by atoms with Gasteiger partial charge < -0.3 is 15.5 Å². The predicted molar refractivity (Wildman–Crippen MR) is 107 cm³/mol. The van der Waals surface area contributed by atoms with Gasteiger partial charge in [-0.25, -0.2) is 4.68 Å². The van der Waals surface area contributed by atoms with Gasteiger partial charge in [0.1, 0.15) is 23.8 Å². The molecule has 0 radical (unpaired) electrons. The van der Waals surface area contributed by atoms with Crippen molar-refractivity contribution in [2.24, 2.45) is 0 Å². The zero-order valence-corrected chi connectivity index (χ0v) is 16.1. The third-order valence-electron chi connectivity index (χ3n) is 3.99. The summed E-state index contributed by atoms with van der Waals surface area (Å²) in [6, 6.07) is 10.7. The van der Waals surface area contributed by atoms with E-state index in [2.05, 4.69) is 10.4 Å². The maximum Gasteiger partial charge on any atom is 0.290 e. The first kappa shape index (κ1) is 18.8. The lowest BCUT2D eigenvalue weighted by atomic mass is 10.1. The number of nitrogen functional groups attached to an aromatic ring is 1. The van der Waals surface area contributed by atoms with E-state index < -0.39 is 5.56 Å². The number of hydrogen-bond acceptors (Lipinski definition) is 6. The maximum absolute atomic E-state index is 12.3. The molecule has 2 heterocycles. The van der Waals surface area contributed by atoms with E-state index in [1.54, 1.807) is 18.7 Å². The summed E-state index contributed by atoms with van der Waals surface area (Å²) in [5.74, 6) is 1.04. The van der Waals surface area contributed by atoms with E-state index in [4.69, 9.17) is 10.2 Å². The molecule has 0 aliphatic carbocycles. The third-order valence-corrected chi connectivity index (χ3v) is 4.73. The summed E-state index contributed by atoms with van der Waals surface area (Å²) in [6.07, 6.45) is 1.98. The summed E-state index contributed by atoms with van der Waals surface area (Å²) in [5, 5.41) is 7.04. The van der Waals surface area contributed by atoms with Crippen LogP contribution in [0.3, 0.4) is 0 Å². The fourth-order valence-electron chi connectivity index (χ4n) is 2.70. The van der Waals surface area contributed by atoms with Gasteiger partial charge in [-0.2, -0.15) is 5.10 Å². The molecule has 1 aromatic carbocycles. The van der Waals surface area contributed by atoms with Gasteiger partial charge in [-0.1, -0.05) is 0 Å². The summed E-state index contributed by atoms with van der Waals surface area (Å²) in [7, 11) is 0. The van der Waals surface area contributed by atoms with Crippen molar-refractivity contribution >= 4 is 29.0 Å². The average Bonchev–Trinajstić information content (AvgIpc) is 2.97. The largest absolute Gasteiger partial charge is 0.466 e. The number of carbonyl (C=O) groups is 1. The number of nitrogens with zero attached hydrogens (tertiary/aromatic N) is 2. The molecule has 0 spiro atoms. The van der Waals surface area contributed by atoms with Crippen molar-refractivity contribution < 1.29 is 9.21 Å². The van der Waals surface area contributed by atoms with Crippen LogP contribution in [0.1, 0.15) is 11.5 Å². The van der Waals surface area contributed by atoms with Crippen molar-refractivity contribution in [2.45, 2.75) is 25.3 Å². The van der Waals surface area contributed by atoms with Gasteiger partial charge in [-0.15, -0.1) is 11.8 Å². The monoisotopic (exact) mass is 384 g/mol. The number of hydrogen-bond donors (Lipinski definition) is 2. The van der Waals surface area contributed by atoms with Crippen LogP contribution in [0.4, 0.5) is 11.4 Å². The SMILES string of the molecule is CSc1ccc(NC(=O)Cn2nc(-c3cc(C)oc3C)cc(N)c2=O)cc1. The first-order valence-corrected chi connectivity index (χ1v) is 9.49. The van der Waals surface area contributed by atoms with Crippen LogP contribution < -0.4 is 16.6 Å². The molecule has 0 atom stereocenters. The Kier molecular flexibility index (Phi) is 5.36. The highest BCUT2D eigenvalue weighted by Crippen LogP contribution is 2.25. The van der Waals surface area contributed by atoms with Crippen LogP contribution in [0, 0.1) is 13.8 Å².